The molecule has 122 valence electrons. The Bertz CT molecular complexity index is 799. The van der Waals surface area contributed by atoms with Crippen molar-refractivity contribution in [2.24, 2.45) is 5.73 Å². The lowest BCUT2D eigenvalue weighted by Gasteiger charge is -2.11. The molecule has 2 aromatic rings. The first kappa shape index (κ1) is 17.1. The van der Waals surface area contributed by atoms with Crippen molar-refractivity contribution in [3.05, 3.63) is 63.7 Å². The first-order chi connectivity index (χ1) is 10.7. The van der Waals surface area contributed by atoms with Gasteiger partial charge in [-0.05, 0) is 24.1 Å². The minimum absolute atomic E-state index is 0.0402. The minimum atomic E-state index is -4.40. The van der Waals surface area contributed by atoms with E-state index in [0.29, 0.717) is 5.56 Å². The lowest BCUT2D eigenvalue weighted by Crippen LogP contribution is -2.30. The molecule has 4 nitrogen and oxygen atoms in total. The smallest absolute Gasteiger partial charge is 0.365 e. The second-order valence-corrected chi connectivity index (χ2v) is 5.36. The van der Waals surface area contributed by atoms with Crippen LogP contribution in [0.25, 0.3) is 0 Å². The van der Waals surface area contributed by atoms with Crippen molar-refractivity contribution in [1.29, 1.82) is 5.41 Å². The molecule has 0 bridgehead atoms. The summed E-state index contributed by atoms with van der Waals surface area (Å²) in [5.74, 6) is -0.787. The van der Waals surface area contributed by atoms with Crippen molar-refractivity contribution in [3.8, 4) is 0 Å². The first-order valence-corrected chi connectivity index (χ1v) is 6.97. The highest BCUT2D eigenvalue weighted by Crippen LogP contribution is 2.29. The van der Waals surface area contributed by atoms with E-state index in [9.17, 15) is 18.0 Å². The second-order valence-electron chi connectivity index (χ2n) is 4.93. The van der Waals surface area contributed by atoms with Gasteiger partial charge in [0.2, 0.25) is 0 Å². The summed E-state index contributed by atoms with van der Waals surface area (Å²) in [7, 11) is 0. The molecule has 0 atom stereocenters. The quantitative estimate of drug-likeness (QED) is 0.880. The van der Waals surface area contributed by atoms with Crippen molar-refractivity contribution < 1.29 is 18.0 Å². The zero-order valence-electron chi connectivity index (χ0n) is 11.8. The van der Waals surface area contributed by atoms with E-state index in [4.69, 9.17) is 22.7 Å². The first-order valence-electron chi connectivity index (χ1n) is 6.59. The van der Waals surface area contributed by atoms with Crippen LogP contribution in [0.1, 0.15) is 21.5 Å². The molecule has 0 aliphatic rings. The molecule has 0 saturated heterocycles. The third kappa shape index (κ3) is 4.13. The van der Waals surface area contributed by atoms with Gasteiger partial charge in [0.25, 0.3) is 5.91 Å². The molecule has 1 amide bonds. The van der Waals surface area contributed by atoms with E-state index in [-0.39, 0.29) is 29.0 Å². The molecule has 0 spiro atoms. The monoisotopic (exact) mass is 343 g/mol. The molecule has 0 aliphatic heterocycles. The molecule has 0 fully saturated rings. The topological polar surface area (TPSA) is 71.9 Å². The fraction of sp³-hybridized carbons (Fsp3) is 0.200. The van der Waals surface area contributed by atoms with Gasteiger partial charge < -0.3 is 10.3 Å². The Labute approximate surface area is 134 Å². The molecular weight excluding hydrogens is 331 g/mol. The molecule has 0 unspecified atom stereocenters. The molecule has 1 aromatic heterocycles. The van der Waals surface area contributed by atoms with Crippen LogP contribution >= 0.6 is 11.6 Å². The highest BCUT2D eigenvalue weighted by molar-refractivity contribution is 6.30. The molecule has 1 heterocycles. The normalized spacial score (nSPS) is 11.5. The molecule has 1 aromatic carbocycles. The highest BCUT2D eigenvalue weighted by Gasteiger charge is 2.30. The molecule has 0 radical (unpaired) electrons. The molecule has 2 rings (SSSR count). The number of carbonyl (C=O) groups is 1. The summed E-state index contributed by atoms with van der Waals surface area (Å²) < 4.78 is 39.4. The number of aromatic nitrogens is 1. The SMILES string of the molecule is N=c1c(C(N)=O)cc(Cl)cn1CCc1cccc(C(F)(F)F)c1. The van der Waals surface area contributed by atoms with Crippen LogP contribution in [0.15, 0.2) is 36.5 Å². The maximum atomic E-state index is 12.7. The standard InChI is InChI=1S/C15H13ClF3N3O/c16-11-7-12(14(21)23)13(20)22(8-11)5-4-9-2-1-3-10(6-9)15(17,18)19/h1-3,6-8,20H,4-5H2,(H2,21,23). The van der Waals surface area contributed by atoms with E-state index in [2.05, 4.69) is 0 Å². The number of hydrogen-bond acceptors (Lipinski definition) is 2. The van der Waals surface area contributed by atoms with E-state index in [1.54, 1.807) is 6.07 Å². The summed E-state index contributed by atoms with van der Waals surface area (Å²) in [6.45, 7) is 0.195. The Hall–Kier alpha value is -2.28. The van der Waals surface area contributed by atoms with Gasteiger partial charge >= 0.3 is 6.18 Å². The van der Waals surface area contributed by atoms with Gasteiger partial charge in [-0.15, -0.1) is 0 Å². The maximum absolute atomic E-state index is 12.7. The molecule has 23 heavy (non-hydrogen) atoms. The number of nitrogens with one attached hydrogen (secondary N) is 1. The van der Waals surface area contributed by atoms with Crippen LogP contribution in [0.5, 0.6) is 0 Å². The van der Waals surface area contributed by atoms with Gasteiger partial charge in [-0.3, -0.25) is 10.2 Å². The predicted octanol–water partition coefficient (Wildman–Crippen LogP) is 2.98. The van der Waals surface area contributed by atoms with Crippen molar-refractivity contribution in [2.45, 2.75) is 19.1 Å². The zero-order valence-corrected chi connectivity index (χ0v) is 12.6. The second kappa shape index (κ2) is 6.45. The third-order valence-corrected chi connectivity index (χ3v) is 3.47. The molecule has 3 N–H and O–H groups in total. The van der Waals surface area contributed by atoms with E-state index >= 15 is 0 Å². The fourth-order valence-electron chi connectivity index (χ4n) is 2.13. The number of benzene rings is 1. The lowest BCUT2D eigenvalue weighted by molar-refractivity contribution is -0.137. The molecular formula is C15H13ClF3N3O. The van der Waals surface area contributed by atoms with Crippen LogP contribution < -0.4 is 11.2 Å². The van der Waals surface area contributed by atoms with E-state index in [1.165, 1.54) is 22.9 Å². The average Bonchev–Trinajstić information content (AvgIpc) is 2.47. The Morgan fingerprint density at radius 2 is 2.00 bits per heavy atom. The van der Waals surface area contributed by atoms with Crippen molar-refractivity contribution in [1.82, 2.24) is 4.57 Å². The van der Waals surface area contributed by atoms with E-state index < -0.39 is 17.6 Å². The summed E-state index contributed by atoms with van der Waals surface area (Å²) in [5.41, 5.74) is 4.74. The Kier molecular flexibility index (Phi) is 4.79. The minimum Gasteiger partial charge on any atom is -0.365 e. The summed E-state index contributed by atoms with van der Waals surface area (Å²) in [5, 5.41) is 8.13. The number of alkyl halides is 3. The maximum Gasteiger partial charge on any atom is 0.416 e. The fourth-order valence-corrected chi connectivity index (χ4v) is 2.36. The number of rotatable bonds is 4. The van der Waals surface area contributed by atoms with Crippen LogP contribution in [-0.2, 0) is 19.1 Å². The number of halogens is 4. The summed E-state index contributed by atoms with van der Waals surface area (Å²) >= 11 is 5.87. The van der Waals surface area contributed by atoms with Crippen molar-refractivity contribution >= 4 is 17.5 Å². The number of primary amides is 1. The van der Waals surface area contributed by atoms with Gasteiger partial charge in [0.05, 0.1) is 16.1 Å². The molecule has 0 aliphatic carbocycles. The van der Waals surface area contributed by atoms with Gasteiger partial charge in [-0.2, -0.15) is 13.2 Å². The van der Waals surface area contributed by atoms with Gasteiger partial charge in [0.1, 0.15) is 5.49 Å². The van der Waals surface area contributed by atoms with E-state index in [1.807, 2.05) is 0 Å². The zero-order chi connectivity index (χ0) is 17.2. The van der Waals surface area contributed by atoms with Crippen LogP contribution in [0.2, 0.25) is 5.02 Å². The molecule has 0 saturated carbocycles. The Balaban J connectivity index is 2.25. The van der Waals surface area contributed by atoms with Crippen LogP contribution in [0.4, 0.5) is 13.2 Å². The summed E-state index contributed by atoms with van der Waals surface area (Å²) in [4.78, 5) is 11.3. The van der Waals surface area contributed by atoms with Crippen LogP contribution in [0, 0.1) is 5.41 Å². The third-order valence-electron chi connectivity index (χ3n) is 3.26. The van der Waals surface area contributed by atoms with Gasteiger partial charge in [-0.25, -0.2) is 0 Å². The van der Waals surface area contributed by atoms with Crippen LogP contribution in [-0.4, -0.2) is 10.5 Å². The highest BCUT2D eigenvalue weighted by atomic mass is 35.5. The Morgan fingerprint density at radius 1 is 1.30 bits per heavy atom. The average molecular weight is 344 g/mol. The number of pyridine rings is 1. The number of hydrogen-bond donors (Lipinski definition) is 2. The van der Waals surface area contributed by atoms with Crippen LogP contribution in [0.3, 0.4) is 0 Å². The number of carbonyl (C=O) groups excluding carboxylic acids is 1. The summed E-state index contributed by atoms with van der Waals surface area (Å²) in [6, 6.07) is 6.24. The van der Waals surface area contributed by atoms with Crippen molar-refractivity contribution in [2.75, 3.05) is 0 Å². The van der Waals surface area contributed by atoms with Gasteiger partial charge in [0.15, 0.2) is 0 Å². The number of amides is 1. The number of nitrogens with zero attached hydrogens (tertiary/aromatic N) is 1. The Morgan fingerprint density at radius 3 is 2.61 bits per heavy atom. The predicted molar refractivity (Wildman–Crippen MR) is 79.0 cm³/mol. The van der Waals surface area contributed by atoms with Gasteiger partial charge in [-0.1, -0.05) is 29.8 Å². The van der Waals surface area contributed by atoms with Crippen molar-refractivity contribution in [3.63, 3.8) is 0 Å². The largest absolute Gasteiger partial charge is 0.416 e. The van der Waals surface area contributed by atoms with Gasteiger partial charge in [0, 0.05) is 12.7 Å². The van der Waals surface area contributed by atoms with E-state index in [0.717, 1.165) is 12.1 Å². The number of aryl methyl sites for hydroxylation is 2. The summed E-state index contributed by atoms with van der Waals surface area (Å²) in [6.07, 6.45) is -2.72. The molecule has 8 heteroatoms. The number of nitrogens with two attached hydrogens (primary N) is 1. The lowest BCUT2D eigenvalue weighted by atomic mass is 10.1.